The van der Waals surface area contributed by atoms with Crippen molar-refractivity contribution in [2.45, 2.75) is 168 Å². The molecule has 0 aliphatic heterocycles. The van der Waals surface area contributed by atoms with Gasteiger partial charge in [0.15, 0.2) is 0 Å². The van der Waals surface area contributed by atoms with Gasteiger partial charge in [0.1, 0.15) is 0 Å². The maximum absolute atomic E-state index is 12.1. The first-order chi connectivity index (χ1) is 14.8. The molecule has 0 saturated carbocycles. The van der Waals surface area contributed by atoms with E-state index in [9.17, 15) is 4.21 Å². The molecular formula is C28H58OS. The second kappa shape index (κ2) is 27.2. The zero-order valence-corrected chi connectivity index (χ0v) is 22.0. The molecule has 0 aromatic rings. The molecule has 0 radical (unpaired) electrons. The fourth-order valence-corrected chi connectivity index (χ4v) is 5.57. The van der Waals surface area contributed by atoms with Crippen molar-refractivity contribution < 1.29 is 4.21 Å². The van der Waals surface area contributed by atoms with Crippen LogP contribution in [0, 0.1) is 0 Å². The van der Waals surface area contributed by atoms with E-state index in [-0.39, 0.29) is 0 Å². The molecule has 0 amide bonds. The number of hydrogen-bond donors (Lipinski definition) is 0. The highest BCUT2D eigenvalue weighted by Gasteiger charge is 2.01. The second-order valence-corrected chi connectivity index (χ2v) is 11.3. The van der Waals surface area contributed by atoms with Crippen LogP contribution in [0.15, 0.2) is 0 Å². The molecule has 1 nitrogen and oxygen atoms in total. The highest BCUT2D eigenvalue weighted by atomic mass is 32.2. The van der Waals surface area contributed by atoms with E-state index in [1.165, 1.54) is 154 Å². The lowest BCUT2D eigenvalue weighted by Gasteiger charge is -2.05. The molecular weight excluding hydrogens is 384 g/mol. The van der Waals surface area contributed by atoms with Gasteiger partial charge in [-0.15, -0.1) is 0 Å². The minimum atomic E-state index is -0.549. The van der Waals surface area contributed by atoms with Crippen molar-refractivity contribution >= 4 is 10.8 Å². The predicted octanol–water partition coefficient (Wildman–Crippen LogP) is 10.1. The maximum atomic E-state index is 12.1. The van der Waals surface area contributed by atoms with E-state index in [1.807, 2.05) is 0 Å². The molecule has 0 heterocycles. The van der Waals surface area contributed by atoms with E-state index >= 15 is 0 Å². The van der Waals surface area contributed by atoms with Crippen molar-refractivity contribution in [1.29, 1.82) is 0 Å². The van der Waals surface area contributed by atoms with E-state index in [4.69, 9.17) is 0 Å². The van der Waals surface area contributed by atoms with E-state index in [0.29, 0.717) is 0 Å². The monoisotopic (exact) mass is 442 g/mol. The average Bonchev–Trinajstić information content (AvgIpc) is 2.75. The van der Waals surface area contributed by atoms with Gasteiger partial charge in [-0.05, 0) is 12.8 Å². The third-order valence-corrected chi connectivity index (χ3v) is 7.94. The number of hydrogen-bond acceptors (Lipinski definition) is 1. The molecule has 0 spiro atoms. The van der Waals surface area contributed by atoms with Crippen molar-refractivity contribution in [3.8, 4) is 0 Å². The van der Waals surface area contributed by atoms with Crippen LogP contribution in [-0.2, 0) is 10.8 Å². The second-order valence-electron chi connectivity index (χ2n) is 9.63. The molecule has 0 aromatic carbocycles. The Labute approximate surface area is 194 Å². The normalized spacial score (nSPS) is 11.6. The molecule has 0 aliphatic carbocycles. The van der Waals surface area contributed by atoms with Crippen LogP contribution in [0.4, 0.5) is 0 Å². The van der Waals surface area contributed by atoms with Crippen LogP contribution >= 0.6 is 0 Å². The summed E-state index contributed by atoms with van der Waals surface area (Å²) in [6, 6.07) is 0. The summed E-state index contributed by atoms with van der Waals surface area (Å²) >= 11 is 0. The molecule has 0 N–H and O–H groups in total. The van der Waals surface area contributed by atoms with Gasteiger partial charge in [0.05, 0.1) is 0 Å². The van der Waals surface area contributed by atoms with Gasteiger partial charge in [-0.1, -0.05) is 155 Å². The number of rotatable bonds is 26. The van der Waals surface area contributed by atoms with Crippen LogP contribution in [0.25, 0.3) is 0 Å². The summed E-state index contributed by atoms with van der Waals surface area (Å²) in [5.41, 5.74) is 0. The Morgan fingerprint density at radius 1 is 0.333 bits per heavy atom. The first kappa shape index (κ1) is 30.1. The van der Waals surface area contributed by atoms with Crippen molar-refractivity contribution in [2.24, 2.45) is 0 Å². The third-order valence-electron chi connectivity index (χ3n) is 6.45. The van der Waals surface area contributed by atoms with Crippen molar-refractivity contribution in [2.75, 3.05) is 11.5 Å². The van der Waals surface area contributed by atoms with Gasteiger partial charge in [0, 0.05) is 22.3 Å². The Kier molecular flexibility index (Phi) is 27.3. The van der Waals surface area contributed by atoms with Crippen LogP contribution in [-0.4, -0.2) is 15.7 Å². The molecule has 0 rings (SSSR count). The molecule has 0 unspecified atom stereocenters. The summed E-state index contributed by atoms with van der Waals surface area (Å²) in [4.78, 5) is 0. The molecule has 30 heavy (non-hydrogen) atoms. The first-order valence-corrected chi connectivity index (χ1v) is 15.6. The highest BCUT2D eigenvalue weighted by molar-refractivity contribution is 7.84. The number of unbranched alkanes of at least 4 members (excludes halogenated alkanes) is 22. The first-order valence-electron chi connectivity index (χ1n) is 14.2. The van der Waals surface area contributed by atoms with Crippen molar-refractivity contribution in [3.05, 3.63) is 0 Å². The van der Waals surface area contributed by atoms with Gasteiger partial charge in [-0.25, -0.2) is 0 Å². The average molecular weight is 443 g/mol. The third kappa shape index (κ3) is 26.2. The lowest BCUT2D eigenvalue weighted by molar-refractivity contribution is 0.546. The predicted molar refractivity (Wildman–Crippen MR) is 140 cm³/mol. The molecule has 0 saturated heterocycles. The van der Waals surface area contributed by atoms with Crippen molar-refractivity contribution in [3.63, 3.8) is 0 Å². The van der Waals surface area contributed by atoms with Gasteiger partial charge in [-0.3, -0.25) is 4.21 Å². The summed E-state index contributed by atoms with van der Waals surface area (Å²) in [5, 5.41) is 0. The summed E-state index contributed by atoms with van der Waals surface area (Å²) in [6.07, 6.45) is 33.2. The van der Waals surface area contributed by atoms with Crippen LogP contribution in [0.5, 0.6) is 0 Å². The lowest BCUT2D eigenvalue weighted by Crippen LogP contribution is -2.02. The van der Waals surface area contributed by atoms with Gasteiger partial charge in [0.2, 0.25) is 0 Å². The Hall–Kier alpha value is 0.150. The van der Waals surface area contributed by atoms with Crippen LogP contribution in [0.2, 0.25) is 0 Å². The van der Waals surface area contributed by atoms with Gasteiger partial charge >= 0.3 is 0 Å². The Balaban J connectivity index is 3.14. The van der Waals surface area contributed by atoms with E-state index in [0.717, 1.165) is 11.5 Å². The quantitative estimate of drug-likeness (QED) is 0.122. The standard InChI is InChI=1S/C28H58OS/c1-3-5-7-9-11-13-15-17-19-21-23-25-27-30(29)28-26-24-22-20-18-16-14-12-10-8-6-4-2/h3-28H2,1-2H3. The summed E-state index contributed by atoms with van der Waals surface area (Å²) in [7, 11) is -0.549. The molecule has 182 valence electrons. The zero-order chi connectivity index (χ0) is 22.0. The van der Waals surface area contributed by atoms with Gasteiger partial charge in [-0.2, -0.15) is 0 Å². The largest absolute Gasteiger partial charge is 0.260 e. The van der Waals surface area contributed by atoms with Gasteiger partial charge < -0.3 is 0 Å². The van der Waals surface area contributed by atoms with Crippen LogP contribution in [0.1, 0.15) is 168 Å². The van der Waals surface area contributed by atoms with Crippen LogP contribution in [0.3, 0.4) is 0 Å². The summed E-state index contributed by atoms with van der Waals surface area (Å²) < 4.78 is 12.1. The highest BCUT2D eigenvalue weighted by Crippen LogP contribution is 2.13. The minimum absolute atomic E-state index is 0.549. The van der Waals surface area contributed by atoms with E-state index < -0.39 is 10.8 Å². The SMILES string of the molecule is CCCCCCCCCCCCCCS(=O)CCCCCCCCCCCCCC. The van der Waals surface area contributed by atoms with Crippen LogP contribution < -0.4 is 0 Å². The zero-order valence-electron chi connectivity index (χ0n) is 21.2. The lowest BCUT2D eigenvalue weighted by atomic mass is 10.1. The topological polar surface area (TPSA) is 17.1 Å². The summed E-state index contributed by atoms with van der Waals surface area (Å²) in [6.45, 7) is 4.57. The van der Waals surface area contributed by atoms with E-state index in [1.54, 1.807) is 0 Å². The maximum Gasteiger partial charge on any atom is 0.0234 e. The Bertz CT molecular complexity index is 299. The minimum Gasteiger partial charge on any atom is -0.260 e. The van der Waals surface area contributed by atoms with E-state index in [2.05, 4.69) is 13.8 Å². The smallest absolute Gasteiger partial charge is 0.0234 e. The molecule has 0 bridgehead atoms. The van der Waals surface area contributed by atoms with Gasteiger partial charge in [0.25, 0.3) is 0 Å². The Morgan fingerprint density at radius 3 is 0.767 bits per heavy atom. The molecule has 0 aliphatic rings. The van der Waals surface area contributed by atoms with Crippen molar-refractivity contribution in [1.82, 2.24) is 0 Å². The molecule has 0 aromatic heterocycles. The molecule has 2 heteroatoms. The Morgan fingerprint density at radius 2 is 0.533 bits per heavy atom. The molecule has 0 fully saturated rings. The fraction of sp³-hybridized carbons (Fsp3) is 1.00. The molecule has 0 atom stereocenters. The fourth-order valence-electron chi connectivity index (χ4n) is 4.31. The summed E-state index contributed by atoms with van der Waals surface area (Å²) in [5.74, 6) is 1.91.